The molecule has 0 unspecified atom stereocenters. The molecule has 0 atom stereocenters. The third-order valence-corrected chi connectivity index (χ3v) is 18.1. The van der Waals surface area contributed by atoms with Crippen molar-refractivity contribution in [2.75, 3.05) is 0 Å². The molecule has 0 aliphatic heterocycles. The van der Waals surface area contributed by atoms with Crippen molar-refractivity contribution in [3.63, 3.8) is 0 Å². The van der Waals surface area contributed by atoms with E-state index in [9.17, 15) is 10.2 Å². The Morgan fingerprint density at radius 2 is 0.560 bits per heavy atom. The zero-order chi connectivity index (χ0) is 59.4. The second-order valence-electron chi connectivity index (χ2n) is 26.1. The van der Waals surface area contributed by atoms with Crippen LogP contribution in [0.15, 0.2) is 206 Å². The van der Waals surface area contributed by atoms with Crippen LogP contribution in [0.3, 0.4) is 0 Å². The number of fused-ring (bicyclic) bond motifs is 12. The van der Waals surface area contributed by atoms with Gasteiger partial charge in [0.25, 0.3) is 0 Å². The molecule has 14 rings (SSSR count). The number of hydrogen-bond donors (Lipinski definition) is 2. The molecular weight excluding hydrogens is 1020 g/mol. The molecule has 4 heterocycles. The predicted molar refractivity (Wildman–Crippen MR) is 359 cm³/mol. The second kappa shape index (κ2) is 20.6. The van der Waals surface area contributed by atoms with Gasteiger partial charge in [-0.3, -0.25) is 0 Å². The average Bonchev–Trinajstić information content (AvgIpc) is 2.32. The van der Waals surface area contributed by atoms with E-state index in [1.165, 1.54) is 132 Å². The lowest BCUT2D eigenvalue weighted by Crippen LogP contribution is -2.20. The highest BCUT2D eigenvalue weighted by molar-refractivity contribution is 6.13. The molecule has 2 N–H and O–H groups in total. The van der Waals surface area contributed by atoms with Gasteiger partial charge in [-0.05, 0) is 175 Å². The number of aliphatic hydroxyl groups is 2. The van der Waals surface area contributed by atoms with Crippen LogP contribution in [-0.2, 0) is 50.2 Å². The van der Waals surface area contributed by atoms with Crippen molar-refractivity contribution >= 4 is 87.2 Å². The van der Waals surface area contributed by atoms with Crippen LogP contribution in [0.4, 0.5) is 0 Å². The zero-order valence-electron chi connectivity index (χ0n) is 51.3. The first-order valence-corrected chi connectivity index (χ1v) is 29.5. The summed E-state index contributed by atoms with van der Waals surface area (Å²) in [5.74, 6) is 0. The number of benzene rings is 10. The number of hydrogen-bond acceptors (Lipinski definition) is 2. The minimum absolute atomic E-state index is 0.118. The summed E-state index contributed by atoms with van der Waals surface area (Å²) >= 11 is 0. The Balaban J connectivity index is 0.000000141. The van der Waals surface area contributed by atoms with E-state index in [1.54, 1.807) is 27.7 Å². The summed E-state index contributed by atoms with van der Waals surface area (Å²) in [7, 11) is 8.64. The topological polar surface area (TPSA) is 60.2 Å². The van der Waals surface area contributed by atoms with Crippen molar-refractivity contribution in [2.45, 2.75) is 91.3 Å². The van der Waals surface area contributed by atoms with Crippen LogP contribution in [0, 0.1) is 6.92 Å². The molecular formula is C78H78N4O2. The van der Waals surface area contributed by atoms with Gasteiger partial charge in [-0.2, -0.15) is 0 Å². The van der Waals surface area contributed by atoms with E-state index in [2.05, 4.69) is 270 Å². The van der Waals surface area contributed by atoms with Crippen LogP contribution in [0.25, 0.3) is 109 Å². The highest BCUT2D eigenvalue weighted by atomic mass is 16.3. The van der Waals surface area contributed by atoms with Crippen molar-refractivity contribution < 1.29 is 10.2 Å². The van der Waals surface area contributed by atoms with Gasteiger partial charge in [0.1, 0.15) is 0 Å². The number of nitrogens with zero attached hydrogens (tertiary/aromatic N) is 4. The summed E-state index contributed by atoms with van der Waals surface area (Å²) in [5.41, 5.74) is 20.5. The van der Waals surface area contributed by atoms with Gasteiger partial charge >= 0.3 is 0 Å². The van der Waals surface area contributed by atoms with Gasteiger partial charge in [0.05, 0.1) is 11.2 Å². The second-order valence-corrected chi connectivity index (χ2v) is 26.1. The maximum absolute atomic E-state index is 9.80. The molecule has 10 aromatic carbocycles. The van der Waals surface area contributed by atoms with Gasteiger partial charge in [0.2, 0.25) is 0 Å². The molecule has 0 amide bonds. The highest BCUT2D eigenvalue weighted by Crippen LogP contribution is 2.41. The first-order valence-electron chi connectivity index (χ1n) is 29.5. The Hall–Kier alpha value is -8.68. The molecule has 422 valence electrons. The lowest BCUT2D eigenvalue weighted by molar-refractivity contribution is 0.0718. The fourth-order valence-electron chi connectivity index (χ4n) is 12.8. The van der Waals surface area contributed by atoms with Crippen LogP contribution < -0.4 is 0 Å². The van der Waals surface area contributed by atoms with E-state index < -0.39 is 11.2 Å². The van der Waals surface area contributed by atoms with Gasteiger partial charge < -0.3 is 28.5 Å². The summed E-state index contributed by atoms with van der Waals surface area (Å²) in [6, 6.07) is 75.2. The number of aryl methyl sites for hydroxylation is 5. The summed E-state index contributed by atoms with van der Waals surface area (Å²) in [5, 5.41) is 30.1. The van der Waals surface area contributed by atoms with Crippen molar-refractivity contribution in [3.8, 4) is 22.3 Å². The summed E-state index contributed by atoms with van der Waals surface area (Å²) in [6.07, 6.45) is 0. The van der Waals surface area contributed by atoms with Gasteiger partial charge in [0, 0.05) is 121 Å². The van der Waals surface area contributed by atoms with Crippen molar-refractivity contribution in [1.29, 1.82) is 0 Å². The molecule has 0 fully saturated rings. The molecule has 0 radical (unpaired) electrons. The molecule has 0 aliphatic carbocycles. The highest BCUT2D eigenvalue weighted by Gasteiger charge is 2.27. The Morgan fingerprint density at radius 1 is 0.262 bits per heavy atom. The van der Waals surface area contributed by atoms with Gasteiger partial charge in [0.15, 0.2) is 0 Å². The molecule has 6 heteroatoms. The van der Waals surface area contributed by atoms with E-state index in [0.29, 0.717) is 0 Å². The largest absolute Gasteiger partial charge is 0.386 e. The molecule has 6 nitrogen and oxygen atoms in total. The molecule has 0 bridgehead atoms. The first kappa shape index (κ1) is 55.8. The Kier molecular flexibility index (Phi) is 13.7. The minimum atomic E-state index is -0.860. The van der Waals surface area contributed by atoms with Crippen LogP contribution in [0.5, 0.6) is 0 Å². The third-order valence-electron chi connectivity index (χ3n) is 18.1. The predicted octanol–water partition coefficient (Wildman–Crippen LogP) is 19.4. The summed E-state index contributed by atoms with van der Waals surface area (Å²) in [6.45, 7) is 20.7. The first-order chi connectivity index (χ1) is 39.9. The van der Waals surface area contributed by atoms with Crippen molar-refractivity contribution in [1.82, 2.24) is 18.3 Å². The number of aromatic nitrogens is 4. The van der Waals surface area contributed by atoms with Gasteiger partial charge in [-0.15, -0.1) is 0 Å². The lowest BCUT2D eigenvalue weighted by Gasteiger charge is -2.29. The normalized spacial score (nSPS) is 12.5. The Labute approximate surface area is 494 Å². The number of rotatable bonds is 6. The Morgan fingerprint density at radius 3 is 0.964 bits per heavy atom. The maximum Gasteiger partial charge on any atom is 0.0840 e. The third kappa shape index (κ3) is 9.85. The lowest BCUT2D eigenvalue weighted by atomic mass is 9.75. The monoisotopic (exact) mass is 1100 g/mol. The van der Waals surface area contributed by atoms with Crippen LogP contribution in [0.1, 0.15) is 95.7 Å². The van der Waals surface area contributed by atoms with E-state index in [-0.39, 0.29) is 10.8 Å². The summed E-state index contributed by atoms with van der Waals surface area (Å²) < 4.78 is 9.20. The maximum atomic E-state index is 9.80. The Bertz CT molecular complexity index is 4730. The molecule has 4 aromatic heterocycles. The zero-order valence-corrected chi connectivity index (χ0v) is 51.3. The molecule has 84 heavy (non-hydrogen) atoms. The SMILES string of the molecule is CC(C)(O)c1cccc(C(C)(C)O)c1.Cc1ccc2c(c1)c1cc(-c3ccc4c(c3)c3cc(C(C)(C)c5cccc(C(C)(C)C)c5)ccc3n4C)ccc1n2C.Cn1c2ccccc2c2cc(-c3ccc4c(c3)c3ccccc3n4C)ccc21. The van der Waals surface area contributed by atoms with Crippen LogP contribution >= 0.6 is 0 Å². The smallest absolute Gasteiger partial charge is 0.0840 e. The van der Waals surface area contributed by atoms with Crippen LogP contribution in [-0.4, -0.2) is 28.5 Å². The molecule has 0 saturated carbocycles. The van der Waals surface area contributed by atoms with Gasteiger partial charge in [-0.1, -0.05) is 162 Å². The standard InChI is InChI=1S/C40H40N2.C26H20N2.C12H18O2/c1-25-12-16-35-31(20-25)32-21-26(13-17-36(32)41(35)7)27-14-18-37-33(22-27)34-24-30(15-19-38(34)42(37)8)40(5,6)29-11-9-10-28(23-29)39(2,3)4;1-27-23-9-5-3-7-19(23)21-15-17(11-13-25(21)27)18-12-14-26-22(16-18)20-8-4-6-10-24(20)28(26)2;1-11(2,13)9-6-5-7-10(8-9)12(3,4)14/h9-24H,1-8H3;3-16H,1-2H3;5-8,13-14H,1-4H3. The molecule has 0 spiro atoms. The van der Waals surface area contributed by atoms with E-state index in [4.69, 9.17) is 0 Å². The van der Waals surface area contributed by atoms with Crippen molar-refractivity contribution in [2.24, 2.45) is 28.2 Å². The van der Waals surface area contributed by atoms with Crippen molar-refractivity contribution in [3.05, 3.63) is 240 Å². The van der Waals surface area contributed by atoms with Crippen LogP contribution in [0.2, 0.25) is 0 Å². The molecule has 0 aliphatic rings. The minimum Gasteiger partial charge on any atom is -0.386 e. The quantitative estimate of drug-likeness (QED) is 0.174. The molecule has 14 aromatic rings. The van der Waals surface area contributed by atoms with E-state index in [1.807, 2.05) is 24.3 Å². The molecule has 0 saturated heterocycles. The fourth-order valence-corrected chi connectivity index (χ4v) is 12.8. The fraction of sp³-hybridized carbons (Fsp3) is 0.231. The average molecular weight is 1100 g/mol. The number of para-hydroxylation sites is 2. The summed E-state index contributed by atoms with van der Waals surface area (Å²) in [4.78, 5) is 0. The van der Waals surface area contributed by atoms with E-state index >= 15 is 0 Å². The van der Waals surface area contributed by atoms with Gasteiger partial charge in [-0.25, -0.2) is 0 Å². The van der Waals surface area contributed by atoms with E-state index in [0.717, 1.165) is 11.1 Å².